The quantitative estimate of drug-likeness (QED) is 0.0595. The minimum Gasteiger partial charge on any atom is -0.268 e. The second kappa shape index (κ2) is 28.8. The van der Waals surface area contributed by atoms with Gasteiger partial charge in [0.15, 0.2) is 15.7 Å². The molecule has 3 fully saturated rings. The Morgan fingerprint density at radius 2 is 0.914 bits per heavy atom. The number of anilines is 1. The molecule has 18 rings (SSSR count). The molecule has 116 heavy (non-hydrogen) atoms. The predicted molar refractivity (Wildman–Crippen MR) is 429 cm³/mol. The van der Waals surface area contributed by atoms with E-state index in [9.17, 15) is 47.4 Å². The van der Waals surface area contributed by atoms with Gasteiger partial charge in [-0.15, -0.1) is 15.3 Å². The predicted octanol–water partition coefficient (Wildman–Crippen LogP) is 15.1. The first kappa shape index (κ1) is 79.0. The molecular weight excluding hydrogens is 1550 g/mol. The molecule has 6 bridgehead atoms. The van der Waals surface area contributed by atoms with Crippen molar-refractivity contribution in [2.75, 3.05) is 22.0 Å². The molecule has 23 nitrogen and oxygen atoms in total. The normalized spacial score (nSPS) is 22.4. The van der Waals surface area contributed by atoms with Crippen LogP contribution in [0.4, 0.5) is 32.3 Å². The minimum absolute atomic E-state index is 0.0230. The van der Waals surface area contributed by atoms with Gasteiger partial charge in [-0.3, -0.25) is 24.0 Å². The molecule has 32 heteroatoms. The first-order valence-corrected chi connectivity index (χ1v) is 43.7. The maximum Gasteiger partial charge on any atom is 0.236 e. The Hall–Kier alpha value is -10.9. The zero-order valence-corrected chi connectivity index (χ0v) is 67.6. The highest BCUT2D eigenvalue weighted by molar-refractivity contribution is 8.00. The summed E-state index contributed by atoms with van der Waals surface area (Å²) in [6, 6.07) is 28.2. The Morgan fingerprint density at radius 1 is 0.491 bits per heavy atom. The van der Waals surface area contributed by atoms with E-state index in [2.05, 4.69) is 123 Å². The van der Waals surface area contributed by atoms with Crippen LogP contribution in [0.25, 0.3) is 56.5 Å². The third kappa shape index (κ3) is 12.8. The van der Waals surface area contributed by atoms with E-state index < -0.39 is 85.8 Å². The van der Waals surface area contributed by atoms with E-state index in [-0.39, 0.29) is 91.0 Å². The summed E-state index contributed by atoms with van der Waals surface area (Å²) in [5, 5.41) is 41.7. The highest BCUT2D eigenvalue weighted by atomic mass is 32.2. The lowest BCUT2D eigenvalue weighted by Gasteiger charge is -2.37. The number of pyridine rings is 2. The molecule has 7 aliphatic rings. The average Bonchev–Trinajstić information content (AvgIpc) is 1.52. The standard InChI is InChI=1S/C29H29F2N5OS.C28H28F2N6O2S.C27H25F2N7O2S/c1-5-38(4,37)16-17-14-23(34-33-17)22-10-7-11-25(32-22)29-13-12-19(28(29,2)3)18-15-24(35-36-27(18)29)26-20(30)8-6-9-21(26)31;1-15(2)39(37,38)14-23-32-26(36-34-23)20-9-6-10-22(31-20)28-12-11-17(27(28,3)4)16-13-21(33-35-25(16)28)24-18(29)7-5-8-19(24)30;1-4-39(37,38)36-25-31-11-15(12-32-25)21-13-30-14-22(33-21)27-9-8-17(26(27,2)3)16-10-20(34-35-24(16)27)23-18(28)6-5-7-19(23)29/h6-11,15,19H,4-5,12-14,16H2,1-3H3;5-10,13,15,17H,11-12,14H2,1-4H3,(H,32,34,36);5-7,10-14,17H,4,8-9H2,1-3H3,(H,31,32,36)/t19-,29-,38?;17-,28-;17-,27-/m000/s1. The maximum atomic E-state index is 14.5. The van der Waals surface area contributed by atoms with E-state index in [0.717, 1.165) is 101 Å². The van der Waals surface area contributed by atoms with Crippen LogP contribution >= 0.6 is 0 Å². The molecule has 6 aliphatic carbocycles. The number of fused-ring (bicyclic) bond motifs is 15. The molecule has 3 aromatic carbocycles. The third-order valence-electron chi connectivity index (χ3n) is 25.6. The number of nitrogens with one attached hydrogen (secondary N) is 2. The molecule has 0 radical (unpaired) electrons. The zero-order chi connectivity index (χ0) is 82.2. The van der Waals surface area contributed by atoms with Gasteiger partial charge in [0.25, 0.3) is 0 Å². The number of aromatic nitrogens is 15. The lowest BCUT2D eigenvalue weighted by atomic mass is 9.66. The molecule has 598 valence electrons. The lowest BCUT2D eigenvalue weighted by molar-refractivity contribution is 0.242. The Bertz CT molecular complexity index is 6210. The Kier molecular flexibility index (Phi) is 19.6. The van der Waals surface area contributed by atoms with Gasteiger partial charge in [0.05, 0.1) is 130 Å². The fraction of sp³-hybridized carbons (Fsp3) is 0.369. The number of sulfonamides is 1. The van der Waals surface area contributed by atoms with Crippen LogP contribution in [-0.2, 0) is 51.4 Å². The van der Waals surface area contributed by atoms with Crippen molar-refractivity contribution in [1.29, 1.82) is 0 Å². The molecule has 0 saturated heterocycles. The molecule has 0 amide bonds. The first-order chi connectivity index (χ1) is 55.1. The number of benzene rings is 3. The maximum absolute atomic E-state index is 14.5. The van der Waals surface area contributed by atoms with Crippen LogP contribution in [0.3, 0.4) is 0 Å². The van der Waals surface area contributed by atoms with Crippen molar-refractivity contribution >= 4 is 52.6 Å². The Balaban J connectivity index is 0.000000131. The molecule has 3 saturated carbocycles. The summed E-state index contributed by atoms with van der Waals surface area (Å²) in [6.07, 6.45) is 11.9. The van der Waals surface area contributed by atoms with Crippen LogP contribution in [0.5, 0.6) is 0 Å². The summed E-state index contributed by atoms with van der Waals surface area (Å²) in [4.78, 5) is 32.1. The van der Waals surface area contributed by atoms with Gasteiger partial charge in [-0.2, -0.15) is 30.6 Å². The van der Waals surface area contributed by atoms with Crippen molar-refractivity contribution < 1.29 is 47.4 Å². The van der Waals surface area contributed by atoms with Gasteiger partial charge in [0.1, 0.15) is 52.2 Å². The third-order valence-corrected chi connectivity index (χ3v) is 30.9. The summed E-state index contributed by atoms with van der Waals surface area (Å²) in [6.45, 7) is 19.7. The summed E-state index contributed by atoms with van der Waals surface area (Å²) in [7, 11) is -9.05. The van der Waals surface area contributed by atoms with Crippen LogP contribution in [0, 0.1) is 51.1 Å². The summed E-state index contributed by atoms with van der Waals surface area (Å²) in [5.74, 6) is 1.22. The molecule has 1 aliphatic heterocycles. The van der Waals surface area contributed by atoms with E-state index in [1.165, 1.54) is 73.9 Å². The topological polar surface area (TPSA) is 318 Å². The van der Waals surface area contributed by atoms with Crippen molar-refractivity contribution in [3.05, 3.63) is 231 Å². The fourth-order valence-electron chi connectivity index (χ4n) is 19.2. The van der Waals surface area contributed by atoms with Gasteiger partial charge in [-0.05, 0) is 204 Å². The molecule has 8 aromatic heterocycles. The molecule has 1 unspecified atom stereocenters. The SMILES string of the molecule is C=S(=O)(CC)CC1=NN=C(c2cccc([C@@]34CC[C@@H](c5cc(-c6c(F)cccc6F)nnc53)C4(C)C)n2)C1.CC(C)S(=O)(=O)Cc1nc(-c2cccc([C@@]34CC[C@@H](c5cc(-c6c(F)cccc6F)nnc53)C4(C)C)n2)n[nH]1.CCS(=O)(=O)Nc1ncc(-c2cncc([C@@]34CC[C@@H](c5cc(-c6c(F)cccc6F)nnc53)C4(C)C)n2)cn1. The number of sulfone groups is 1. The molecule has 11 aromatic rings. The number of rotatable bonds is 18. The second-order valence-electron chi connectivity index (χ2n) is 32.7. The summed E-state index contributed by atoms with van der Waals surface area (Å²) >= 11 is 0. The van der Waals surface area contributed by atoms with Gasteiger partial charge in [0, 0.05) is 36.3 Å². The van der Waals surface area contributed by atoms with Gasteiger partial charge >= 0.3 is 0 Å². The van der Waals surface area contributed by atoms with Crippen molar-refractivity contribution in [3.63, 3.8) is 0 Å². The second-order valence-corrected chi connectivity index (χ2v) is 40.1. The first-order valence-electron chi connectivity index (χ1n) is 38.3. The fourth-order valence-corrected chi connectivity index (χ4v) is 21.5. The van der Waals surface area contributed by atoms with E-state index >= 15 is 0 Å². The minimum atomic E-state index is -3.50. The molecule has 7 atom stereocenters. The number of aromatic amines is 1. The van der Waals surface area contributed by atoms with Crippen molar-refractivity contribution in [1.82, 2.24) is 75.7 Å². The van der Waals surface area contributed by atoms with Gasteiger partial charge < -0.3 is 0 Å². The van der Waals surface area contributed by atoms with Crippen LogP contribution in [0.15, 0.2) is 144 Å². The number of nitrogens with zero attached hydrogens (tertiary/aromatic N) is 16. The Labute approximate surface area is 667 Å². The van der Waals surface area contributed by atoms with Crippen LogP contribution in [0.1, 0.15) is 194 Å². The monoisotopic (exact) mass is 1630 g/mol. The molecule has 2 N–H and O–H groups in total. The number of hydrogen-bond donors (Lipinski definition) is 2. The zero-order valence-electron chi connectivity index (χ0n) is 65.2. The van der Waals surface area contributed by atoms with Gasteiger partial charge in [0.2, 0.25) is 16.0 Å². The van der Waals surface area contributed by atoms with Crippen molar-refractivity contribution in [2.24, 2.45) is 26.4 Å². The van der Waals surface area contributed by atoms with Crippen LogP contribution in [-0.4, -0.2) is 137 Å². The highest BCUT2D eigenvalue weighted by Crippen LogP contribution is 2.72. The smallest absolute Gasteiger partial charge is 0.236 e. The molecular formula is C84H82F6N18O5S3. The van der Waals surface area contributed by atoms with E-state index in [1.54, 1.807) is 44.4 Å². The summed E-state index contributed by atoms with van der Waals surface area (Å²) in [5.41, 5.74) is 8.92. The van der Waals surface area contributed by atoms with Gasteiger partial charge in [-0.1, -0.05) is 78.8 Å². The van der Waals surface area contributed by atoms with E-state index in [1.807, 2.05) is 43.3 Å². The van der Waals surface area contributed by atoms with Crippen LogP contribution < -0.4 is 4.72 Å². The Morgan fingerprint density at radius 3 is 1.35 bits per heavy atom. The lowest BCUT2D eigenvalue weighted by Crippen LogP contribution is -2.38. The number of halogens is 6. The van der Waals surface area contributed by atoms with Crippen molar-refractivity contribution in [2.45, 2.75) is 159 Å². The van der Waals surface area contributed by atoms with Gasteiger partial charge in [-0.25, -0.2) is 68.1 Å². The van der Waals surface area contributed by atoms with E-state index in [0.29, 0.717) is 46.4 Å². The molecule has 9 heterocycles. The number of hydrogen-bond acceptors (Lipinski definition) is 21. The van der Waals surface area contributed by atoms with E-state index in [4.69, 9.17) is 15.0 Å². The summed E-state index contributed by atoms with van der Waals surface area (Å²) < 4.78 is 150. The van der Waals surface area contributed by atoms with Crippen molar-refractivity contribution in [3.8, 4) is 56.5 Å². The molecule has 0 spiro atoms. The largest absolute Gasteiger partial charge is 0.268 e. The highest BCUT2D eigenvalue weighted by Gasteiger charge is 2.68. The number of H-pyrrole nitrogens is 1. The van der Waals surface area contributed by atoms with Crippen LogP contribution in [0.2, 0.25) is 0 Å². The average molecular weight is 1630 g/mol.